The second-order valence-electron chi connectivity index (χ2n) is 13.7. The van der Waals surface area contributed by atoms with Crippen LogP contribution in [0.2, 0.25) is 0 Å². The summed E-state index contributed by atoms with van der Waals surface area (Å²) in [4.78, 5) is 16.8. The molecule has 0 unspecified atom stereocenters. The summed E-state index contributed by atoms with van der Waals surface area (Å²) in [6.07, 6.45) is 3.63. The minimum Gasteiger partial charge on any atom is -0.454 e. The number of nitrogens with zero attached hydrogens (tertiary/aromatic N) is 4. The van der Waals surface area contributed by atoms with Crippen LogP contribution in [0.3, 0.4) is 0 Å². The Morgan fingerprint density at radius 2 is 1.25 bits per heavy atom. The van der Waals surface area contributed by atoms with E-state index in [0.29, 0.717) is 5.82 Å². The van der Waals surface area contributed by atoms with Gasteiger partial charge in [-0.15, -0.1) is 0 Å². The zero-order valence-corrected chi connectivity index (χ0v) is 28.2. The van der Waals surface area contributed by atoms with Crippen LogP contribution in [0.1, 0.15) is 25.0 Å². The van der Waals surface area contributed by atoms with Crippen molar-refractivity contribution in [3.8, 4) is 33.9 Å². The van der Waals surface area contributed by atoms with Gasteiger partial charge in [0.1, 0.15) is 5.58 Å². The Labute approximate surface area is 295 Å². The molecule has 0 bridgehead atoms. The fraction of sp³-hybridized carbons (Fsp3) is 0.0652. The van der Waals surface area contributed by atoms with Crippen LogP contribution >= 0.6 is 0 Å². The maximum Gasteiger partial charge on any atom is 0.160 e. The SMILES string of the molecule is CC1(C)c2ccccc2N(c2ccc(-c3cc(-c4cccnc4)nc(-c4ccccc4)n3)cc2)c2c1c1ccccc1c1c2oc2ccccc21. The van der Waals surface area contributed by atoms with Crippen molar-refractivity contribution in [2.45, 2.75) is 19.3 Å². The van der Waals surface area contributed by atoms with Gasteiger partial charge in [0.2, 0.25) is 0 Å². The van der Waals surface area contributed by atoms with E-state index < -0.39 is 0 Å². The van der Waals surface area contributed by atoms with Gasteiger partial charge in [0.05, 0.1) is 22.8 Å². The smallest absolute Gasteiger partial charge is 0.160 e. The standard InChI is InChI=1S/C46H32N4O/c1-46(2)36-19-9-10-20-39(36)50(43-42(46)34-17-7-6-16-33(34)41-35-18-8-11-21-40(35)51-44(41)43)32-24-22-29(23-25-32)37-27-38(31-15-12-26-47-28-31)49-45(48-37)30-13-4-3-5-14-30/h3-28H,1-2H3. The van der Waals surface area contributed by atoms with Crippen molar-refractivity contribution in [2.24, 2.45) is 0 Å². The molecule has 1 aliphatic heterocycles. The van der Waals surface area contributed by atoms with Crippen LogP contribution in [-0.4, -0.2) is 15.0 Å². The number of aromatic nitrogens is 3. The number of hydrogen-bond acceptors (Lipinski definition) is 5. The summed E-state index contributed by atoms with van der Waals surface area (Å²) in [5.74, 6) is 0.677. The number of hydrogen-bond donors (Lipinski definition) is 0. The molecular weight excluding hydrogens is 625 g/mol. The van der Waals surface area contributed by atoms with Crippen LogP contribution in [0.5, 0.6) is 0 Å². The van der Waals surface area contributed by atoms with E-state index in [2.05, 4.69) is 121 Å². The van der Waals surface area contributed by atoms with Crippen LogP contribution in [0.4, 0.5) is 17.1 Å². The highest BCUT2D eigenvalue weighted by atomic mass is 16.3. The first kappa shape index (κ1) is 29.3. The van der Waals surface area contributed by atoms with Crippen molar-refractivity contribution in [1.82, 2.24) is 15.0 Å². The maximum absolute atomic E-state index is 6.86. The molecule has 0 amide bonds. The maximum atomic E-state index is 6.86. The van der Waals surface area contributed by atoms with Gasteiger partial charge in [0.15, 0.2) is 11.4 Å². The summed E-state index contributed by atoms with van der Waals surface area (Å²) in [6.45, 7) is 4.68. The third-order valence-corrected chi connectivity index (χ3v) is 10.3. The lowest BCUT2D eigenvalue weighted by Gasteiger charge is -2.42. The lowest BCUT2D eigenvalue weighted by atomic mass is 9.71. The van der Waals surface area contributed by atoms with Crippen LogP contribution in [-0.2, 0) is 5.41 Å². The molecule has 0 radical (unpaired) electrons. The van der Waals surface area contributed by atoms with Crippen LogP contribution in [0, 0.1) is 0 Å². The molecule has 6 aromatic carbocycles. The molecule has 9 aromatic rings. The van der Waals surface area contributed by atoms with Gasteiger partial charge in [-0.25, -0.2) is 9.97 Å². The highest BCUT2D eigenvalue weighted by Crippen LogP contribution is 2.57. The van der Waals surface area contributed by atoms with Crippen molar-refractivity contribution in [3.63, 3.8) is 0 Å². The number of para-hydroxylation sites is 2. The zero-order chi connectivity index (χ0) is 34.1. The van der Waals surface area contributed by atoms with E-state index in [9.17, 15) is 0 Å². The van der Waals surface area contributed by atoms with Gasteiger partial charge in [0, 0.05) is 51.0 Å². The van der Waals surface area contributed by atoms with Crippen LogP contribution in [0.15, 0.2) is 162 Å². The van der Waals surface area contributed by atoms with Gasteiger partial charge in [0.25, 0.3) is 0 Å². The Morgan fingerprint density at radius 1 is 0.588 bits per heavy atom. The van der Waals surface area contributed by atoms with Gasteiger partial charge in [-0.05, 0) is 64.4 Å². The second-order valence-corrected chi connectivity index (χ2v) is 13.7. The molecule has 0 saturated carbocycles. The highest BCUT2D eigenvalue weighted by Gasteiger charge is 2.40. The average molecular weight is 657 g/mol. The van der Waals surface area contributed by atoms with Crippen molar-refractivity contribution < 1.29 is 4.42 Å². The first-order chi connectivity index (χ1) is 25.1. The van der Waals surface area contributed by atoms with Gasteiger partial charge < -0.3 is 9.32 Å². The van der Waals surface area contributed by atoms with Gasteiger partial charge >= 0.3 is 0 Å². The molecule has 51 heavy (non-hydrogen) atoms. The van der Waals surface area contributed by atoms with E-state index in [4.69, 9.17) is 14.4 Å². The molecule has 0 spiro atoms. The molecule has 0 atom stereocenters. The molecular formula is C46H32N4O. The minimum atomic E-state index is -0.285. The highest BCUT2D eigenvalue weighted by molar-refractivity contribution is 6.25. The first-order valence-corrected chi connectivity index (χ1v) is 17.3. The van der Waals surface area contributed by atoms with E-state index in [1.54, 1.807) is 6.20 Å². The van der Waals surface area contributed by atoms with E-state index in [1.807, 2.05) is 54.7 Å². The first-order valence-electron chi connectivity index (χ1n) is 17.3. The molecule has 0 aliphatic carbocycles. The minimum absolute atomic E-state index is 0.285. The number of furan rings is 1. The molecule has 5 heteroatoms. The van der Waals surface area contributed by atoms with Crippen LogP contribution < -0.4 is 4.90 Å². The van der Waals surface area contributed by atoms with Crippen molar-refractivity contribution in [2.75, 3.05) is 4.90 Å². The molecule has 0 saturated heterocycles. The monoisotopic (exact) mass is 656 g/mol. The molecule has 0 N–H and O–H groups in total. The van der Waals surface area contributed by atoms with Gasteiger partial charge in [-0.2, -0.15) is 0 Å². The predicted molar refractivity (Wildman–Crippen MR) is 208 cm³/mol. The largest absolute Gasteiger partial charge is 0.454 e. The zero-order valence-electron chi connectivity index (χ0n) is 28.2. The summed E-state index contributed by atoms with van der Waals surface area (Å²) in [5, 5.41) is 4.72. The second kappa shape index (κ2) is 11.2. The Kier molecular flexibility index (Phi) is 6.46. The lowest BCUT2D eigenvalue weighted by molar-refractivity contribution is 0.629. The molecule has 4 heterocycles. The Morgan fingerprint density at radius 3 is 2.04 bits per heavy atom. The molecule has 0 fully saturated rings. The third kappa shape index (κ3) is 4.51. The fourth-order valence-electron chi connectivity index (χ4n) is 7.96. The number of fused-ring (bicyclic) bond motifs is 9. The summed E-state index contributed by atoms with van der Waals surface area (Å²) in [7, 11) is 0. The average Bonchev–Trinajstić information content (AvgIpc) is 3.59. The van der Waals surface area contributed by atoms with Gasteiger partial charge in [-0.3, -0.25) is 4.98 Å². The van der Waals surface area contributed by atoms with Crippen molar-refractivity contribution in [3.05, 3.63) is 169 Å². The summed E-state index contributed by atoms with van der Waals surface area (Å²) in [6, 6.07) is 50.8. The number of pyridine rings is 1. The molecule has 242 valence electrons. The number of rotatable bonds is 4. The molecule has 3 aromatic heterocycles. The quantitative estimate of drug-likeness (QED) is 0.189. The topological polar surface area (TPSA) is 55.1 Å². The molecule has 10 rings (SSSR count). The Bertz CT molecular complexity index is 2710. The third-order valence-electron chi connectivity index (χ3n) is 10.3. The predicted octanol–water partition coefficient (Wildman–Crippen LogP) is 12.0. The summed E-state index contributed by atoms with van der Waals surface area (Å²) < 4.78 is 6.86. The number of anilines is 3. The van der Waals surface area contributed by atoms with Gasteiger partial charge in [-0.1, -0.05) is 117 Å². The van der Waals surface area contributed by atoms with E-state index >= 15 is 0 Å². The van der Waals surface area contributed by atoms with E-state index in [-0.39, 0.29) is 5.41 Å². The number of benzene rings is 6. The van der Waals surface area contributed by atoms with E-state index in [0.717, 1.165) is 67.1 Å². The fourth-order valence-corrected chi connectivity index (χ4v) is 7.96. The van der Waals surface area contributed by atoms with E-state index in [1.165, 1.54) is 21.9 Å². The Hall–Kier alpha value is -6.59. The summed E-state index contributed by atoms with van der Waals surface area (Å²) in [5.41, 5.74) is 11.9. The van der Waals surface area contributed by atoms with Crippen molar-refractivity contribution >= 4 is 49.8 Å². The summed E-state index contributed by atoms with van der Waals surface area (Å²) >= 11 is 0. The molecule has 1 aliphatic rings. The Balaban J connectivity index is 1.20. The van der Waals surface area contributed by atoms with Crippen molar-refractivity contribution in [1.29, 1.82) is 0 Å². The normalized spacial score (nSPS) is 13.4. The lowest BCUT2D eigenvalue weighted by Crippen LogP contribution is -2.31. The molecule has 5 nitrogen and oxygen atoms in total. The van der Waals surface area contributed by atoms with Crippen LogP contribution in [0.25, 0.3) is 66.6 Å².